The summed E-state index contributed by atoms with van der Waals surface area (Å²) < 4.78 is 1.74. The Balaban J connectivity index is 2.17. The normalized spacial score (nSPS) is 9.81. The van der Waals surface area contributed by atoms with Crippen molar-refractivity contribution < 1.29 is 9.90 Å². The zero-order valence-electron chi connectivity index (χ0n) is 11.8. The molecule has 0 bridgehead atoms. The van der Waals surface area contributed by atoms with Crippen molar-refractivity contribution in [3.05, 3.63) is 47.8 Å². The number of carbonyl (C=O) groups excluding carboxylic acids is 1. The predicted octanol–water partition coefficient (Wildman–Crippen LogP) is 1.89. The van der Waals surface area contributed by atoms with Crippen molar-refractivity contribution in [2.24, 2.45) is 0 Å². The third-order valence-corrected chi connectivity index (χ3v) is 2.85. The van der Waals surface area contributed by atoms with E-state index in [1.807, 2.05) is 13.0 Å². The molecule has 0 aliphatic carbocycles. The summed E-state index contributed by atoms with van der Waals surface area (Å²) in [7, 11) is 0. The van der Waals surface area contributed by atoms with E-state index in [0.717, 1.165) is 6.54 Å². The second-order valence-corrected chi connectivity index (χ2v) is 4.36. The quantitative estimate of drug-likeness (QED) is 0.842. The summed E-state index contributed by atoms with van der Waals surface area (Å²) in [5.41, 5.74) is 1.80. The SMILES string of the molecule is CCn1cc(NC(=O)c2ccccc2C#CCCO)cn1. The molecule has 0 aliphatic rings. The highest BCUT2D eigenvalue weighted by molar-refractivity contribution is 6.05. The molecule has 0 spiro atoms. The van der Waals surface area contributed by atoms with Gasteiger partial charge in [-0.2, -0.15) is 5.10 Å². The average molecular weight is 283 g/mol. The lowest BCUT2D eigenvalue weighted by molar-refractivity contribution is 0.102. The maximum absolute atomic E-state index is 12.3. The molecule has 1 amide bonds. The number of benzene rings is 1. The molecule has 108 valence electrons. The van der Waals surface area contributed by atoms with E-state index in [4.69, 9.17) is 5.11 Å². The third kappa shape index (κ3) is 3.94. The number of amides is 1. The standard InChI is InChI=1S/C16H17N3O2/c1-2-19-12-14(11-17-19)18-16(21)15-9-4-3-7-13(15)8-5-6-10-20/h3-4,7,9,11-12,20H,2,6,10H2,1H3,(H,18,21). The lowest BCUT2D eigenvalue weighted by Crippen LogP contribution is -2.13. The Morgan fingerprint density at radius 1 is 1.43 bits per heavy atom. The number of nitrogens with zero attached hydrogens (tertiary/aromatic N) is 2. The molecule has 0 saturated carbocycles. The summed E-state index contributed by atoms with van der Waals surface area (Å²) in [6.07, 6.45) is 3.78. The van der Waals surface area contributed by atoms with Crippen LogP contribution in [0.1, 0.15) is 29.3 Å². The summed E-state index contributed by atoms with van der Waals surface area (Å²) in [6.45, 7) is 2.74. The van der Waals surface area contributed by atoms with Crippen LogP contribution in [0.25, 0.3) is 0 Å². The first-order valence-electron chi connectivity index (χ1n) is 6.77. The van der Waals surface area contributed by atoms with Gasteiger partial charge in [-0.05, 0) is 19.1 Å². The predicted molar refractivity (Wildman–Crippen MR) is 80.9 cm³/mol. The molecular weight excluding hydrogens is 266 g/mol. The van der Waals surface area contributed by atoms with Gasteiger partial charge in [-0.15, -0.1) is 0 Å². The van der Waals surface area contributed by atoms with Gasteiger partial charge in [-0.3, -0.25) is 9.48 Å². The van der Waals surface area contributed by atoms with E-state index in [0.29, 0.717) is 23.2 Å². The van der Waals surface area contributed by atoms with E-state index in [9.17, 15) is 4.79 Å². The van der Waals surface area contributed by atoms with Crippen molar-refractivity contribution in [1.29, 1.82) is 0 Å². The molecule has 0 unspecified atom stereocenters. The van der Waals surface area contributed by atoms with Crippen molar-refractivity contribution >= 4 is 11.6 Å². The fourth-order valence-electron chi connectivity index (χ4n) is 1.80. The number of aliphatic hydroxyl groups excluding tert-OH is 1. The van der Waals surface area contributed by atoms with E-state index in [2.05, 4.69) is 22.3 Å². The van der Waals surface area contributed by atoms with E-state index >= 15 is 0 Å². The van der Waals surface area contributed by atoms with Gasteiger partial charge in [-0.25, -0.2) is 0 Å². The second-order valence-electron chi connectivity index (χ2n) is 4.36. The van der Waals surface area contributed by atoms with Crippen LogP contribution in [0.3, 0.4) is 0 Å². The highest BCUT2D eigenvalue weighted by atomic mass is 16.2. The molecule has 1 heterocycles. The molecule has 5 heteroatoms. The van der Waals surface area contributed by atoms with Crippen LogP contribution < -0.4 is 5.32 Å². The molecule has 2 aromatic rings. The highest BCUT2D eigenvalue weighted by Crippen LogP contribution is 2.12. The summed E-state index contributed by atoms with van der Waals surface area (Å²) in [4.78, 5) is 12.3. The molecular formula is C16H17N3O2. The largest absolute Gasteiger partial charge is 0.395 e. The zero-order valence-corrected chi connectivity index (χ0v) is 11.8. The number of nitrogens with one attached hydrogen (secondary N) is 1. The van der Waals surface area contributed by atoms with E-state index < -0.39 is 0 Å². The van der Waals surface area contributed by atoms with Crippen molar-refractivity contribution in [1.82, 2.24) is 9.78 Å². The summed E-state index contributed by atoms with van der Waals surface area (Å²) in [5.74, 6) is 5.51. The van der Waals surface area contributed by atoms with Crippen molar-refractivity contribution in [2.45, 2.75) is 19.9 Å². The Morgan fingerprint density at radius 3 is 2.95 bits per heavy atom. The molecule has 0 saturated heterocycles. The van der Waals surface area contributed by atoms with E-state index in [1.54, 1.807) is 35.3 Å². The Hall–Kier alpha value is -2.58. The van der Waals surface area contributed by atoms with Gasteiger partial charge in [0.05, 0.1) is 24.1 Å². The lowest BCUT2D eigenvalue weighted by atomic mass is 10.1. The zero-order chi connectivity index (χ0) is 15.1. The molecule has 0 fully saturated rings. The van der Waals surface area contributed by atoms with Gasteiger partial charge in [0.1, 0.15) is 0 Å². The van der Waals surface area contributed by atoms with E-state index in [-0.39, 0.29) is 12.5 Å². The van der Waals surface area contributed by atoms with Crippen LogP contribution >= 0.6 is 0 Å². The van der Waals surface area contributed by atoms with Gasteiger partial charge < -0.3 is 10.4 Å². The summed E-state index contributed by atoms with van der Waals surface area (Å²) in [5, 5.41) is 15.7. The maximum atomic E-state index is 12.3. The Morgan fingerprint density at radius 2 is 2.24 bits per heavy atom. The lowest BCUT2D eigenvalue weighted by Gasteiger charge is -2.04. The average Bonchev–Trinajstić information content (AvgIpc) is 2.95. The number of aromatic nitrogens is 2. The second kappa shape index (κ2) is 7.27. The van der Waals surface area contributed by atoms with Gasteiger partial charge in [0, 0.05) is 24.7 Å². The first kappa shape index (κ1) is 14.8. The molecule has 1 aromatic heterocycles. The van der Waals surface area contributed by atoms with Gasteiger partial charge >= 0.3 is 0 Å². The summed E-state index contributed by atoms with van der Waals surface area (Å²) >= 11 is 0. The smallest absolute Gasteiger partial charge is 0.257 e. The van der Waals surface area contributed by atoms with Crippen LogP contribution in [-0.4, -0.2) is 27.4 Å². The highest BCUT2D eigenvalue weighted by Gasteiger charge is 2.10. The van der Waals surface area contributed by atoms with Gasteiger partial charge in [0.2, 0.25) is 0 Å². The Bertz CT molecular complexity index is 680. The molecule has 2 rings (SSSR count). The van der Waals surface area contributed by atoms with Gasteiger partial charge in [0.25, 0.3) is 5.91 Å². The topological polar surface area (TPSA) is 67.2 Å². The van der Waals surface area contributed by atoms with Crippen LogP contribution in [0, 0.1) is 11.8 Å². The monoisotopic (exact) mass is 283 g/mol. The van der Waals surface area contributed by atoms with Crippen molar-refractivity contribution in [3.8, 4) is 11.8 Å². The van der Waals surface area contributed by atoms with Crippen LogP contribution in [0.15, 0.2) is 36.7 Å². The number of rotatable bonds is 4. The molecule has 21 heavy (non-hydrogen) atoms. The third-order valence-electron chi connectivity index (χ3n) is 2.85. The van der Waals surface area contributed by atoms with Crippen LogP contribution in [0.2, 0.25) is 0 Å². The van der Waals surface area contributed by atoms with E-state index in [1.165, 1.54) is 0 Å². The van der Waals surface area contributed by atoms with Gasteiger partial charge in [-0.1, -0.05) is 24.0 Å². The minimum Gasteiger partial charge on any atom is -0.395 e. The summed E-state index contributed by atoms with van der Waals surface area (Å²) in [6, 6.07) is 7.13. The molecule has 2 N–H and O–H groups in total. The molecule has 0 atom stereocenters. The maximum Gasteiger partial charge on any atom is 0.257 e. The van der Waals surface area contributed by atoms with Crippen LogP contribution in [0.4, 0.5) is 5.69 Å². The molecule has 1 aromatic carbocycles. The Labute approximate surface area is 123 Å². The number of anilines is 1. The number of carbonyl (C=O) groups is 1. The minimum absolute atomic E-state index is 0.0115. The first-order chi connectivity index (χ1) is 10.2. The molecule has 5 nitrogen and oxygen atoms in total. The molecule has 0 aliphatic heterocycles. The van der Waals surface area contributed by atoms with Gasteiger partial charge in [0.15, 0.2) is 0 Å². The Kier molecular flexibility index (Phi) is 5.13. The van der Waals surface area contributed by atoms with Crippen molar-refractivity contribution in [3.63, 3.8) is 0 Å². The fraction of sp³-hybridized carbons (Fsp3) is 0.250. The number of hydrogen-bond donors (Lipinski definition) is 2. The number of aliphatic hydroxyl groups is 1. The minimum atomic E-state index is -0.223. The van der Waals surface area contributed by atoms with Crippen molar-refractivity contribution in [2.75, 3.05) is 11.9 Å². The number of hydrogen-bond acceptors (Lipinski definition) is 3. The fourth-order valence-corrected chi connectivity index (χ4v) is 1.80. The first-order valence-corrected chi connectivity index (χ1v) is 6.77. The van der Waals surface area contributed by atoms with Crippen LogP contribution in [-0.2, 0) is 6.54 Å². The number of aryl methyl sites for hydroxylation is 1. The molecule has 0 radical (unpaired) electrons. The van der Waals surface area contributed by atoms with Crippen LogP contribution in [0.5, 0.6) is 0 Å².